The lowest BCUT2D eigenvalue weighted by Crippen LogP contribution is -2.28. The topological polar surface area (TPSA) is 26.3 Å². The zero-order chi connectivity index (χ0) is 14.6. The third-order valence-corrected chi connectivity index (χ3v) is 3.59. The van der Waals surface area contributed by atoms with E-state index in [1.54, 1.807) is 0 Å². The number of hydrogen-bond donors (Lipinski definition) is 0. The Balaban J connectivity index is 2.21. The van der Waals surface area contributed by atoms with E-state index in [0.29, 0.717) is 5.75 Å². The summed E-state index contributed by atoms with van der Waals surface area (Å²) in [5.74, 6) is 0.406. The van der Waals surface area contributed by atoms with Crippen LogP contribution in [0.5, 0.6) is 5.75 Å². The molecule has 2 rings (SSSR count). The van der Waals surface area contributed by atoms with E-state index in [9.17, 15) is 4.79 Å². The number of ether oxygens (including phenoxy) is 1. The SMILES string of the molecule is CCC(C)(C)C(=O)Oc1cccc(-c2ccccc2)c1. The van der Waals surface area contributed by atoms with Crippen molar-refractivity contribution in [3.8, 4) is 16.9 Å². The first-order chi connectivity index (χ1) is 9.53. The van der Waals surface area contributed by atoms with Crippen LogP contribution in [0.3, 0.4) is 0 Å². The molecule has 2 heteroatoms. The van der Waals surface area contributed by atoms with Gasteiger partial charge in [0.2, 0.25) is 0 Å². The summed E-state index contributed by atoms with van der Waals surface area (Å²) in [6, 6.07) is 17.7. The van der Waals surface area contributed by atoms with Gasteiger partial charge < -0.3 is 4.74 Å². The Kier molecular flexibility index (Phi) is 4.23. The van der Waals surface area contributed by atoms with Crippen LogP contribution in [-0.2, 0) is 4.79 Å². The summed E-state index contributed by atoms with van der Waals surface area (Å²) >= 11 is 0. The van der Waals surface area contributed by atoms with Gasteiger partial charge in [-0.2, -0.15) is 0 Å². The molecule has 2 aromatic rings. The molecular formula is C18H20O2. The van der Waals surface area contributed by atoms with E-state index >= 15 is 0 Å². The van der Waals surface area contributed by atoms with Gasteiger partial charge in [0.1, 0.15) is 5.75 Å². The third kappa shape index (κ3) is 3.27. The predicted octanol–water partition coefficient (Wildman–Crippen LogP) is 4.70. The minimum absolute atomic E-state index is 0.190. The fourth-order valence-electron chi connectivity index (χ4n) is 1.76. The molecule has 0 aliphatic rings. The number of hydrogen-bond acceptors (Lipinski definition) is 2. The second-order valence-electron chi connectivity index (χ2n) is 5.52. The van der Waals surface area contributed by atoms with E-state index in [2.05, 4.69) is 0 Å². The van der Waals surface area contributed by atoms with Gasteiger partial charge in [-0.25, -0.2) is 0 Å². The highest BCUT2D eigenvalue weighted by Crippen LogP contribution is 2.27. The molecule has 20 heavy (non-hydrogen) atoms. The summed E-state index contributed by atoms with van der Waals surface area (Å²) in [7, 11) is 0. The molecule has 0 spiro atoms. The van der Waals surface area contributed by atoms with E-state index in [1.165, 1.54) is 0 Å². The number of esters is 1. The molecule has 0 heterocycles. The third-order valence-electron chi connectivity index (χ3n) is 3.59. The van der Waals surface area contributed by atoms with Crippen molar-refractivity contribution in [2.24, 2.45) is 5.41 Å². The molecule has 0 aliphatic heterocycles. The lowest BCUT2D eigenvalue weighted by atomic mass is 9.91. The molecule has 2 aromatic carbocycles. The average molecular weight is 268 g/mol. The van der Waals surface area contributed by atoms with Gasteiger partial charge in [-0.3, -0.25) is 4.79 Å². The van der Waals surface area contributed by atoms with Crippen molar-refractivity contribution >= 4 is 5.97 Å². The normalized spacial score (nSPS) is 11.2. The highest BCUT2D eigenvalue weighted by atomic mass is 16.5. The summed E-state index contributed by atoms with van der Waals surface area (Å²) < 4.78 is 5.49. The highest BCUT2D eigenvalue weighted by Gasteiger charge is 2.27. The molecule has 0 radical (unpaired) electrons. The highest BCUT2D eigenvalue weighted by molar-refractivity contribution is 5.78. The molecule has 0 fully saturated rings. The van der Waals surface area contributed by atoms with Gasteiger partial charge in [-0.05, 0) is 43.5 Å². The Hall–Kier alpha value is -2.09. The molecule has 0 amide bonds. The molecule has 0 unspecified atom stereocenters. The zero-order valence-electron chi connectivity index (χ0n) is 12.2. The molecule has 0 bridgehead atoms. The second-order valence-corrected chi connectivity index (χ2v) is 5.52. The smallest absolute Gasteiger partial charge is 0.316 e. The summed E-state index contributed by atoms with van der Waals surface area (Å²) in [6.45, 7) is 5.79. The van der Waals surface area contributed by atoms with Crippen LogP contribution in [0.25, 0.3) is 11.1 Å². The van der Waals surface area contributed by atoms with Gasteiger partial charge in [0.15, 0.2) is 0 Å². The van der Waals surface area contributed by atoms with Gasteiger partial charge in [-0.15, -0.1) is 0 Å². The van der Waals surface area contributed by atoms with E-state index < -0.39 is 5.41 Å². The van der Waals surface area contributed by atoms with Gasteiger partial charge in [-0.1, -0.05) is 49.4 Å². The van der Waals surface area contributed by atoms with Crippen LogP contribution >= 0.6 is 0 Å². The average Bonchev–Trinajstić information content (AvgIpc) is 2.48. The quantitative estimate of drug-likeness (QED) is 0.593. The number of carbonyl (C=O) groups is 1. The molecule has 0 saturated heterocycles. The summed E-state index contributed by atoms with van der Waals surface area (Å²) in [5.41, 5.74) is 1.70. The van der Waals surface area contributed by atoms with Crippen molar-refractivity contribution in [3.63, 3.8) is 0 Å². The van der Waals surface area contributed by atoms with E-state index in [-0.39, 0.29) is 5.97 Å². The lowest BCUT2D eigenvalue weighted by Gasteiger charge is -2.20. The first-order valence-electron chi connectivity index (χ1n) is 6.91. The maximum absolute atomic E-state index is 12.1. The fourth-order valence-corrected chi connectivity index (χ4v) is 1.76. The van der Waals surface area contributed by atoms with Gasteiger partial charge in [0, 0.05) is 0 Å². The molecule has 0 aliphatic carbocycles. The summed E-state index contributed by atoms with van der Waals surface area (Å²) in [6.07, 6.45) is 0.754. The van der Waals surface area contributed by atoms with E-state index in [0.717, 1.165) is 17.5 Å². The molecule has 0 N–H and O–H groups in total. The van der Waals surface area contributed by atoms with Crippen LogP contribution < -0.4 is 4.74 Å². The molecule has 2 nitrogen and oxygen atoms in total. The van der Waals surface area contributed by atoms with Crippen molar-refractivity contribution in [1.82, 2.24) is 0 Å². The van der Waals surface area contributed by atoms with E-state index in [1.807, 2.05) is 75.4 Å². The Labute approximate surface area is 120 Å². The van der Waals surface area contributed by atoms with Crippen molar-refractivity contribution in [3.05, 3.63) is 54.6 Å². The minimum atomic E-state index is -0.456. The predicted molar refractivity (Wildman–Crippen MR) is 81.6 cm³/mol. The largest absolute Gasteiger partial charge is 0.426 e. The molecule has 0 aromatic heterocycles. The standard InChI is InChI=1S/C18H20O2/c1-4-18(2,3)17(19)20-16-12-8-11-15(13-16)14-9-6-5-7-10-14/h5-13H,4H2,1-3H3. The van der Waals surface area contributed by atoms with Crippen molar-refractivity contribution in [1.29, 1.82) is 0 Å². The Morgan fingerprint density at radius 3 is 2.30 bits per heavy atom. The minimum Gasteiger partial charge on any atom is -0.426 e. The van der Waals surface area contributed by atoms with E-state index in [4.69, 9.17) is 4.74 Å². The van der Waals surface area contributed by atoms with Gasteiger partial charge in [0.25, 0.3) is 0 Å². The molecule has 104 valence electrons. The lowest BCUT2D eigenvalue weighted by molar-refractivity contribution is -0.144. The Morgan fingerprint density at radius 2 is 1.65 bits per heavy atom. The van der Waals surface area contributed by atoms with Crippen LogP contribution in [0.1, 0.15) is 27.2 Å². The molecular weight excluding hydrogens is 248 g/mol. The molecule has 0 atom stereocenters. The Morgan fingerprint density at radius 1 is 1.00 bits per heavy atom. The Bertz CT molecular complexity index is 585. The summed E-state index contributed by atoms with van der Waals surface area (Å²) in [5, 5.41) is 0. The molecule has 0 saturated carbocycles. The first kappa shape index (κ1) is 14.3. The summed E-state index contributed by atoms with van der Waals surface area (Å²) in [4.78, 5) is 12.1. The van der Waals surface area contributed by atoms with Crippen LogP contribution in [0.4, 0.5) is 0 Å². The zero-order valence-corrected chi connectivity index (χ0v) is 12.2. The van der Waals surface area contributed by atoms with Crippen LogP contribution in [0.15, 0.2) is 54.6 Å². The van der Waals surface area contributed by atoms with Crippen molar-refractivity contribution in [2.75, 3.05) is 0 Å². The van der Waals surface area contributed by atoms with Crippen molar-refractivity contribution < 1.29 is 9.53 Å². The number of rotatable bonds is 4. The monoisotopic (exact) mass is 268 g/mol. The first-order valence-corrected chi connectivity index (χ1v) is 6.91. The van der Waals surface area contributed by atoms with Gasteiger partial charge >= 0.3 is 5.97 Å². The number of benzene rings is 2. The number of carbonyl (C=O) groups excluding carboxylic acids is 1. The van der Waals surface area contributed by atoms with Crippen LogP contribution in [0, 0.1) is 5.41 Å². The van der Waals surface area contributed by atoms with Crippen LogP contribution in [-0.4, -0.2) is 5.97 Å². The fraction of sp³-hybridized carbons (Fsp3) is 0.278. The van der Waals surface area contributed by atoms with Gasteiger partial charge in [0.05, 0.1) is 5.41 Å². The second kappa shape index (κ2) is 5.91. The van der Waals surface area contributed by atoms with Crippen molar-refractivity contribution in [2.45, 2.75) is 27.2 Å². The maximum atomic E-state index is 12.1. The maximum Gasteiger partial charge on any atom is 0.316 e. The van der Waals surface area contributed by atoms with Crippen LogP contribution in [0.2, 0.25) is 0 Å².